The van der Waals surface area contributed by atoms with Crippen LogP contribution < -0.4 is 14.0 Å². The predicted octanol–water partition coefficient (Wildman–Crippen LogP) is 14.6. The van der Waals surface area contributed by atoms with Crippen LogP contribution in [0, 0.1) is 0 Å². The summed E-state index contributed by atoms with van der Waals surface area (Å²) in [6.07, 6.45) is 0. The van der Waals surface area contributed by atoms with Crippen LogP contribution in [0.4, 0.5) is 47.3 Å². The lowest BCUT2D eigenvalue weighted by Gasteiger charge is -2.27. The van der Waals surface area contributed by atoms with E-state index in [0.29, 0.717) is 16.5 Å². The maximum Gasteiger partial charge on any atom is 0.534 e. The van der Waals surface area contributed by atoms with Crippen LogP contribution in [-0.2, 0) is 10.1 Å². The number of hydrogen-bond donors (Lipinski definition) is 0. The van der Waals surface area contributed by atoms with Crippen LogP contribution in [0.1, 0.15) is 0 Å². The molecule has 0 amide bonds. The van der Waals surface area contributed by atoms with Gasteiger partial charge in [-0.05, 0) is 101 Å². The normalized spacial score (nSPS) is 11.8. The Labute approximate surface area is 343 Å². The van der Waals surface area contributed by atoms with Gasteiger partial charge in [-0.1, -0.05) is 121 Å². The van der Waals surface area contributed by atoms with Crippen LogP contribution in [0.2, 0.25) is 0 Å². The third-order valence-corrected chi connectivity index (χ3v) is 12.2. The number of nitrogens with zero attached hydrogens (tertiary/aromatic N) is 2. The molecular formula is C49H33F3N2O3S2. The molecule has 0 aliphatic rings. The Bertz CT molecular complexity index is 2880. The van der Waals surface area contributed by atoms with Crippen molar-refractivity contribution in [3.63, 3.8) is 0 Å². The SMILES string of the molecule is O=S(=O)(Oc1ccc(N(c2ccccc2)c2ccccc2)c2c1sc1ccc(N(c3ccc(-c4ccccc4)cc3)c3ccc(-c4ccccc4)cc3)cc12)C(F)(F)F. The van der Waals surface area contributed by atoms with Crippen LogP contribution >= 0.6 is 11.3 Å². The number of rotatable bonds is 10. The minimum Gasteiger partial charge on any atom is -0.374 e. The largest absolute Gasteiger partial charge is 0.534 e. The average molecular weight is 819 g/mol. The molecule has 1 aromatic heterocycles. The van der Waals surface area contributed by atoms with Crippen molar-refractivity contribution in [2.45, 2.75) is 5.51 Å². The van der Waals surface area contributed by atoms with Crippen LogP contribution in [0.25, 0.3) is 42.4 Å². The van der Waals surface area contributed by atoms with E-state index in [2.05, 4.69) is 77.7 Å². The molecule has 0 radical (unpaired) electrons. The lowest BCUT2D eigenvalue weighted by Crippen LogP contribution is -2.28. The zero-order valence-electron chi connectivity index (χ0n) is 31.1. The van der Waals surface area contributed by atoms with E-state index in [-0.39, 0.29) is 4.70 Å². The Morgan fingerprint density at radius 3 is 1.36 bits per heavy atom. The maximum absolute atomic E-state index is 13.8. The standard InChI is InChI=1S/C49H33F3N2O3S2/c50-49(51,52)59(55,56)57-45-31-30-44(54(38-17-9-3-10-18-38)39-19-11-4-12-20-39)47-43-33-42(29-32-46(43)58-48(45)47)53(40-25-21-36(22-26-40)34-13-5-1-6-14-34)41-27-23-37(24-28-41)35-15-7-2-8-16-35/h1-33H. The molecule has 0 atom stereocenters. The second-order valence-corrected chi connectivity index (χ2v) is 16.3. The molecule has 1 heterocycles. The second kappa shape index (κ2) is 15.5. The average Bonchev–Trinajstić information content (AvgIpc) is 3.66. The van der Waals surface area contributed by atoms with Gasteiger partial charge in [-0.3, -0.25) is 0 Å². The first-order valence-electron chi connectivity index (χ1n) is 18.7. The fraction of sp³-hybridized carbons (Fsp3) is 0.0204. The van der Waals surface area contributed by atoms with Gasteiger partial charge < -0.3 is 14.0 Å². The van der Waals surface area contributed by atoms with E-state index in [1.165, 1.54) is 17.4 Å². The quantitative estimate of drug-likeness (QED) is 0.102. The Morgan fingerprint density at radius 1 is 0.458 bits per heavy atom. The van der Waals surface area contributed by atoms with Crippen molar-refractivity contribution < 1.29 is 25.8 Å². The molecule has 0 bridgehead atoms. The van der Waals surface area contributed by atoms with Gasteiger partial charge in [0.2, 0.25) is 0 Å². The number of halogens is 3. The Morgan fingerprint density at radius 2 is 0.881 bits per heavy atom. The van der Waals surface area contributed by atoms with E-state index < -0.39 is 21.4 Å². The maximum atomic E-state index is 13.8. The molecule has 0 aliphatic heterocycles. The Kier molecular flexibility index (Phi) is 9.88. The van der Waals surface area contributed by atoms with Crippen molar-refractivity contribution in [2.24, 2.45) is 0 Å². The van der Waals surface area contributed by atoms with E-state index in [4.69, 9.17) is 4.18 Å². The Hall–Kier alpha value is -6.88. The van der Waals surface area contributed by atoms with Gasteiger partial charge in [0.05, 0.1) is 10.4 Å². The van der Waals surface area contributed by atoms with Crippen molar-refractivity contribution >= 4 is 75.8 Å². The molecular weight excluding hydrogens is 786 g/mol. The number of anilines is 6. The van der Waals surface area contributed by atoms with E-state index in [9.17, 15) is 21.6 Å². The molecule has 0 saturated heterocycles. The molecule has 10 heteroatoms. The van der Waals surface area contributed by atoms with Crippen molar-refractivity contribution in [3.8, 4) is 28.0 Å². The monoisotopic (exact) mass is 818 g/mol. The molecule has 0 aliphatic carbocycles. The zero-order chi connectivity index (χ0) is 40.6. The van der Waals surface area contributed by atoms with Gasteiger partial charge in [-0.15, -0.1) is 11.3 Å². The summed E-state index contributed by atoms with van der Waals surface area (Å²) < 4.78 is 72.1. The van der Waals surface area contributed by atoms with Gasteiger partial charge >= 0.3 is 15.6 Å². The topological polar surface area (TPSA) is 49.9 Å². The molecule has 0 fully saturated rings. The number of alkyl halides is 3. The van der Waals surface area contributed by atoms with Crippen molar-refractivity contribution in [1.82, 2.24) is 0 Å². The molecule has 0 unspecified atom stereocenters. The summed E-state index contributed by atoms with van der Waals surface area (Å²) in [5.41, 5.74) is 3.43. The van der Waals surface area contributed by atoms with Crippen molar-refractivity contribution in [2.75, 3.05) is 9.80 Å². The van der Waals surface area contributed by atoms with Crippen molar-refractivity contribution in [1.29, 1.82) is 0 Å². The first-order chi connectivity index (χ1) is 28.6. The third kappa shape index (κ3) is 7.40. The number of fused-ring (bicyclic) bond motifs is 3. The highest BCUT2D eigenvalue weighted by Gasteiger charge is 2.49. The highest BCUT2D eigenvalue weighted by Crippen LogP contribution is 2.50. The summed E-state index contributed by atoms with van der Waals surface area (Å²) >= 11 is 1.17. The number of hydrogen-bond acceptors (Lipinski definition) is 6. The fourth-order valence-electron chi connectivity index (χ4n) is 7.28. The fourth-order valence-corrected chi connectivity index (χ4v) is 8.96. The summed E-state index contributed by atoms with van der Waals surface area (Å²) in [6, 6.07) is 64.8. The third-order valence-electron chi connectivity index (χ3n) is 10.0. The summed E-state index contributed by atoms with van der Waals surface area (Å²) in [7, 11) is -5.97. The van der Waals surface area contributed by atoms with Gasteiger partial charge in [0.1, 0.15) is 0 Å². The second-order valence-electron chi connectivity index (χ2n) is 13.7. The molecule has 9 rings (SSSR count). The van der Waals surface area contributed by atoms with E-state index in [1.807, 2.05) is 120 Å². The smallest absolute Gasteiger partial charge is 0.374 e. The molecule has 0 N–H and O–H groups in total. The van der Waals surface area contributed by atoms with Gasteiger partial charge in [-0.25, -0.2) is 0 Å². The van der Waals surface area contributed by atoms with E-state index >= 15 is 0 Å². The summed E-state index contributed by atoms with van der Waals surface area (Å²) in [6.45, 7) is 0. The minimum absolute atomic E-state index is 0.255. The highest BCUT2D eigenvalue weighted by molar-refractivity contribution is 7.88. The first-order valence-corrected chi connectivity index (χ1v) is 20.9. The van der Waals surface area contributed by atoms with Crippen LogP contribution in [0.3, 0.4) is 0 Å². The molecule has 8 aromatic carbocycles. The van der Waals surface area contributed by atoms with Gasteiger partial charge in [0.15, 0.2) is 5.75 Å². The highest BCUT2D eigenvalue weighted by atomic mass is 32.2. The number of para-hydroxylation sites is 2. The molecule has 59 heavy (non-hydrogen) atoms. The summed E-state index contributed by atoms with van der Waals surface area (Å²) in [4.78, 5) is 4.14. The lowest BCUT2D eigenvalue weighted by atomic mass is 10.0. The van der Waals surface area contributed by atoms with E-state index in [0.717, 1.165) is 55.4 Å². The molecule has 5 nitrogen and oxygen atoms in total. The number of thiophene rings is 1. The van der Waals surface area contributed by atoms with Crippen LogP contribution in [0.15, 0.2) is 200 Å². The minimum atomic E-state index is -5.97. The van der Waals surface area contributed by atoms with Crippen LogP contribution in [0.5, 0.6) is 5.75 Å². The van der Waals surface area contributed by atoms with Gasteiger partial charge in [0, 0.05) is 43.9 Å². The summed E-state index contributed by atoms with van der Waals surface area (Å²) in [5.74, 6) is -0.408. The number of benzene rings is 8. The molecule has 0 saturated carbocycles. The Balaban J connectivity index is 1.27. The predicted molar refractivity (Wildman–Crippen MR) is 235 cm³/mol. The first kappa shape index (κ1) is 37.7. The van der Waals surface area contributed by atoms with Gasteiger partial charge in [0.25, 0.3) is 0 Å². The summed E-state index contributed by atoms with van der Waals surface area (Å²) in [5, 5.41) is 1.24. The van der Waals surface area contributed by atoms with Gasteiger partial charge in [-0.2, -0.15) is 21.6 Å². The lowest BCUT2D eigenvalue weighted by molar-refractivity contribution is -0.0499. The molecule has 290 valence electrons. The molecule has 9 aromatic rings. The van der Waals surface area contributed by atoms with Crippen molar-refractivity contribution in [3.05, 3.63) is 200 Å². The van der Waals surface area contributed by atoms with Crippen LogP contribution in [-0.4, -0.2) is 13.9 Å². The molecule has 0 spiro atoms. The van der Waals surface area contributed by atoms with E-state index in [1.54, 1.807) is 6.07 Å². The zero-order valence-corrected chi connectivity index (χ0v) is 32.8.